The molecular weight excluding hydrogens is 462 g/mol. The van der Waals surface area contributed by atoms with Crippen molar-refractivity contribution >= 4 is 16.9 Å². The molecule has 0 N–H and O–H groups in total. The molecule has 1 aromatic heterocycles. The number of ether oxygens (including phenoxy) is 1. The van der Waals surface area contributed by atoms with Crippen LogP contribution >= 0.6 is 0 Å². The molecule has 1 unspecified atom stereocenters. The van der Waals surface area contributed by atoms with E-state index < -0.39 is 6.04 Å². The first-order valence-corrected chi connectivity index (χ1v) is 13.0. The zero-order valence-electron chi connectivity index (χ0n) is 21.9. The number of rotatable bonds is 8. The second-order valence-electron chi connectivity index (χ2n) is 10.3. The van der Waals surface area contributed by atoms with Gasteiger partial charge >= 0.3 is 0 Å². The summed E-state index contributed by atoms with van der Waals surface area (Å²) in [5.41, 5.74) is 4.73. The zero-order valence-corrected chi connectivity index (χ0v) is 21.9. The minimum Gasteiger partial charge on any atom is -0.494 e. The summed E-state index contributed by atoms with van der Waals surface area (Å²) in [5.74, 6) is 1.17. The lowest BCUT2D eigenvalue weighted by Gasteiger charge is -2.25. The number of hydrogen-bond acceptors (Lipinski definition) is 4. The second-order valence-corrected chi connectivity index (χ2v) is 10.3. The molecule has 3 aromatic carbocycles. The molecule has 4 aromatic rings. The Morgan fingerprint density at radius 2 is 1.70 bits per heavy atom. The Kier molecular flexibility index (Phi) is 6.88. The molecule has 37 heavy (non-hydrogen) atoms. The minimum atomic E-state index is -0.540. The van der Waals surface area contributed by atoms with E-state index in [0.29, 0.717) is 42.0 Å². The van der Waals surface area contributed by atoms with Gasteiger partial charge in [-0.25, -0.2) is 0 Å². The first-order valence-electron chi connectivity index (χ1n) is 13.0. The summed E-state index contributed by atoms with van der Waals surface area (Å²) in [5, 5.41) is 0.508. The van der Waals surface area contributed by atoms with E-state index in [2.05, 4.69) is 26.0 Å². The molecule has 5 rings (SSSR count). The van der Waals surface area contributed by atoms with Gasteiger partial charge in [-0.05, 0) is 79.1 Å². The summed E-state index contributed by atoms with van der Waals surface area (Å²) in [6.45, 7) is 9.36. The molecule has 0 radical (unpaired) electrons. The lowest BCUT2D eigenvalue weighted by atomic mass is 9.97. The first kappa shape index (κ1) is 24.8. The summed E-state index contributed by atoms with van der Waals surface area (Å²) in [6, 6.07) is 21.0. The molecule has 5 heteroatoms. The van der Waals surface area contributed by atoms with E-state index in [1.807, 2.05) is 68.4 Å². The number of benzene rings is 3. The largest absolute Gasteiger partial charge is 0.494 e. The Morgan fingerprint density at radius 3 is 2.46 bits per heavy atom. The predicted octanol–water partition coefficient (Wildman–Crippen LogP) is 6.62. The summed E-state index contributed by atoms with van der Waals surface area (Å²) >= 11 is 0. The minimum absolute atomic E-state index is 0.143. The van der Waals surface area contributed by atoms with Gasteiger partial charge in [0, 0.05) is 6.54 Å². The number of carbonyl (C=O) groups is 1. The van der Waals surface area contributed by atoms with Gasteiger partial charge in [-0.15, -0.1) is 0 Å². The van der Waals surface area contributed by atoms with Crippen LogP contribution in [-0.4, -0.2) is 24.0 Å². The second kappa shape index (κ2) is 10.3. The third kappa shape index (κ3) is 4.91. The molecule has 1 atom stereocenters. The molecule has 0 saturated carbocycles. The van der Waals surface area contributed by atoms with Gasteiger partial charge in [0.25, 0.3) is 5.91 Å². The van der Waals surface area contributed by atoms with Crippen LogP contribution in [0.15, 0.2) is 75.9 Å². The topological polar surface area (TPSA) is 59.8 Å². The average molecular weight is 496 g/mol. The Hall–Kier alpha value is -3.86. The van der Waals surface area contributed by atoms with E-state index in [4.69, 9.17) is 9.15 Å². The van der Waals surface area contributed by atoms with Crippen molar-refractivity contribution in [3.8, 4) is 5.75 Å². The smallest absolute Gasteiger partial charge is 0.290 e. The van der Waals surface area contributed by atoms with Crippen molar-refractivity contribution in [2.45, 2.75) is 46.6 Å². The quantitative estimate of drug-likeness (QED) is 0.276. The maximum atomic E-state index is 13.9. The molecule has 1 aliphatic heterocycles. The monoisotopic (exact) mass is 495 g/mol. The summed E-state index contributed by atoms with van der Waals surface area (Å²) in [4.78, 5) is 29.4. The van der Waals surface area contributed by atoms with Gasteiger partial charge in [0.15, 0.2) is 5.43 Å². The third-order valence-electron chi connectivity index (χ3n) is 7.20. The fraction of sp³-hybridized carbons (Fsp3) is 0.312. The standard InChI is InChI=1S/C32H33NO4/c1-20(2)14-16-36-25-12-8-11-24(19-25)29-28-30(34)26-17-21(3)22(4)18-27(26)37-31(28)32(35)33(29)15-13-23-9-6-5-7-10-23/h5-12,17-20,29H,13-16H2,1-4H3. The van der Waals surface area contributed by atoms with Gasteiger partial charge in [-0.2, -0.15) is 0 Å². The molecule has 0 saturated heterocycles. The maximum absolute atomic E-state index is 13.9. The van der Waals surface area contributed by atoms with Gasteiger partial charge in [0.1, 0.15) is 11.3 Å². The van der Waals surface area contributed by atoms with Gasteiger partial charge < -0.3 is 14.1 Å². The summed E-state index contributed by atoms with van der Waals surface area (Å²) in [7, 11) is 0. The van der Waals surface area contributed by atoms with E-state index in [1.165, 1.54) is 0 Å². The Morgan fingerprint density at radius 1 is 0.946 bits per heavy atom. The normalized spacial score (nSPS) is 15.0. The molecule has 5 nitrogen and oxygen atoms in total. The fourth-order valence-corrected chi connectivity index (χ4v) is 4.93. The maximum Gasteiger partial charge on any atom is 0.290 e. The Balaban J connectivity index is 1.60. The highest BCUT2D eigenvalue weighted by atomic mass is 16.5. The van der Waals surface area contributed by atoms with E-state index in [-0.39, 0.29) is 17.1 Å². The van der Waals surface area contributed by atoms with Crippen LogP contribution in [0.25, 0.3) is 11.0 Å². The van der Waals surface area contributed by atoms with Crippen LogP contribution in [-0.2, 0) is 6.42 Å². The molecule has 0 spiro atoms. The SMILES string of the molecule is Cc1cc2oc3c(c(=O)c2cc1C)C(c1cccc(OCCC(C)C)c1)N(CCc1ccccc1)C3=O. The van der Waals surface area contributed by atoms with E-state index in [0.717, 1.165) is 34.4 Å². The molecule has 0 fully saturated rings. The van der Waals surface area contributed by atoms with Gasteiger partial charge in [-0.3, -0.25) is 9.59 Å². The molecular formula is C32H33NO4. The number of hydrogen-bond donors (Lipinski definition) is 0. The fourth-order valence-electron chi connectivity index (χ4n) is 4.93. The van der Waals surface area contributed by atoms with Crippen LogP contribution in [0.4, 0.5) is 0 Å². The average Bonchev–Trinajstić information content (AvgIpc) is 3.16. The predicted molar refractivity (Wildman–Crippen MR) is 146 cm³/mol. The van der Waals surface area contributed by atoms with Gasteiger partial charge in [0.05, 0.1) is 23.6 Å². The Labute approximate surface area is 217 Å². The van der Waals surface area contributed by atoms with Crippen LogP contribution in [0.1, 0.15) is 64.7 Å². The van der Waals surface area contributed by atoms with Gasteiger partial charge in [-0.1, -0.05) is 56.3 Å². The van der Waals surface area contributed by atoms with E-state index in [9.17, 15) is 9.59 Å². The van der Waals surface area contributed by atoms with Crippen molar-refractivity contribution in [2.24, 2.45) is 5.92 Å². The number of amides is 1. The van der Waals surface area contributed by atoms with Crippen LogP contribution in [0, 0.1) is 19.8 Å². The highest BCUT2D eigenvalue weighted by Gasteiger charge is 2.42. The van der Waals surface area contributed by atoms with Crippen molar-refractivity contribution in [1.82, 2.24) is 4.90 Å². The van der Waals surface area contributed by atoms with Crippen molar-refractivity contribution < 1.29 is 13.9 Å². The van der Waals surface area contributed by atoms with Crippen LogP contribution < -0.4 is 10.2 Å². The molecule has 2 heterocycles. The summed E-state index contributed by atoms with van der Waals surface area (Å²) in [6.07, 6.45) is 1.63. The first-order chi connectivity index (χ1) is 17.8. The molecule has 190 valence electrons. The van der Waals surface area contributed by atoms with Crippen molar-refractivity contribution in [2.75, 3.05) is 13.2 Å². The lowest BCUT2D eigenvalue weighted by Crippen LogP contribution is -2.31. The molecule has 1 amide bonds. The van der Waals surface area contributed by atoms with Crippen molar-refractivity contribution in [3.63, 3.8) is 0 Å². The zero-order chi connectivity index (χ0) is 26.1. The lowest BCUT2D eigenvalue weighted by molar-refractivity contribution is 0.0729. The highest BCUT2D eigenvalue weighted by Crippen LogP contribution is 2.39. The molecule has 0 bridgehead atoms. The molecule has 0 aliphatic carbocycles. The van der Waals surface area contributed by atoms with Crippen molar-refractivity contribution in [1.29, 1.82) is 0 Å². The number of fused-ring (bicyclic) bond motifs is 2. The van der Waals surface area contributed by atoms with E-state index >= 15 is 0 Å². The van der Waals surface area contributed by atoms with E-state index in [1.54, 1.807) is 4.90 Å². The third-order valence-corrected chi connectivity index (χ3v) is 7.20. The highest BCUT2D eigenvalue weighted by molar-refractivity contribution is 5.99. The summed E-state index contributed by atoms with van der Waals surface area (Å²) < 4.78 is 12.2. The van der Waals surface area contributed by atoms with Crippen LogP contribution in [0.3, 0.4) is 0 Å². The number of nitrogens with zero attached hydrogens (tertiary/aromatic N) is 1. The van der Waals surface area contributed by atoms with Crippen LogP contribution in [0.2, 0.25) is 0 Å². The number of carbonyl (C=O) groups excluding carboxylic acids is 1. The Bertz CT molecular complexity index is 1500. The van der Waals surface area contributed by atoms with Gasteiger partial charge in [0.2, 0.25) is 5.76 Å². The number of aryl methyl sites for hydroxylation is 2. The molecule has 1 aliphatic rings. The van der Waals surface area contributed by atoms with Crippen LogP contribution in [0.5, 0.6) is 5.75 Å². The van der Waals surface area contributed by atoms with Crippen molar-refractivity contribution in [3.05, 3.63) is 111 Å².